The number of imidazole rings is 1. The van der Waals surface area contributed by atoms with Crippen molar-refractivity contribution in [2.24, 2.45) is 12.8 Å². The van der Waals surface area contributed by atoms with E-state index in [1.54, 1.807) is 11.0 Å². The summed E-state index contributed by atoms with van der Waals surface area (Å²) in [6.07, 6.45) is 9.34. The van der Waals surface area contributed by atoms with E-state index in [0.717, 1.165) is 45.9 Å². The molecule has 0 aliphatic heterocycles. The standard InChI is InChI=1S/C25H25N5O2S/c1-15-6-4-5-7-19(15)16(2)32-22-11-23(33-24(22)25(26)31)30-14-27-20-10-17(8-9-21(20)30)18-12-28-29(3)13-18/h4-7,10-14,16H,8-9H2,1-3H3,(H2,26,31). The van der Waals surface area contributed by atoms with Gasteiger partial charge in [0.2, 0.25) is 0 Å². The maximum Gasteiger partial charge on any atom is 0.262 e. The summed E-state index contributed by atoms with van der Waals surface area (Å²) < 4.78 is 10.1. The number of nitrogens with two attached hydrogens (primary N) is 1. The first-order valence-electron chi connectivity index (χ1n) is 10.8. The lowest BCUT2D eigenvalue weighted by Gasteiger charge is -2.17. The highest BCUT2D eigenvalue weighted by molar-refractivity contribution is 7.16. The third kappa shape index (κ3) is 3.98. The summed E-state index contributed by atoms with van der Waals surface area (Å²) in [5, 5.41) is 5.14. The third-order valence-corrected chi connectivity index (χ3v) is 7.12. The molecule has 0 saturated carbocycles. The zero-order chi connectivity index (χ0) is 23.1. The number of carbonyl (C=O) groups excluding carboxylic acids is 1. The Kier molecular flexibility index (Phi) is 5.38. The summed E-state index contributed by atoms with van der Waals surface area (Å²) in [6.45, 7) is 4.03. The van der Waals surface area contributed by atoms with Crippen LogP contribution in [-0.4, -0.2) is 25.2 Å². The molecule has 0 radical (unpaired) electrons. The quantitative estimate of drug-likeness (QED) is 0.453. The molecule has 3 heterocycles. The molecule has 5 rings (SSSR count). The Bertz CT molecular complexity index is 1380. The van der Waals surface area contributed by atoms with E-state index >= 15 is 0 Å². The van der Waals surface area contributed by atoms with E-state index in [2.05, 4.69) is 16.2 Å². The molecule has 1 unspecified atom stereocenters. The number of hydrogen-bond acceptors (Lipinski definition) is 5. The zero-order valence-electron chi connectivity index (χ0n) is 18.8. The average molecular weight is 460 g/mol. The van der Waals surface area contributed by atoms with Gasteiger partial charge in [-0.3, -0.25) is 14.0 Å². The van der Waals surface area contributed by atoms with Gasteiger partial charge in [-0.2, -0.15) is 5.10 Å². The number of aromatic nitrogens is 4. The van der Waals surface area contributed by atoms with E-state index in [1.165, 1.54) is 16.9 Å². The molecular formula is C25H25N5O2S. The number of allylic oxidation sites excluding steroid dienone is 1. The summed E-state index contributed by atoms with van der Waals surface area (Å²) in [6, 6.07) is 9.96. The Hall–Kier alpha value is -3.65. The van der Waals surface area contributed by atoms with Gasteiger partial charge in [0.1, 0.15) is 28.1 Å². The van der Waals surface area contributed by atoms with E-state index in [0.29, 0.717) is 10.6 Å². The second-order valence-corrected chi connectivity index (χ2v) is 9.31. The average Bonchev–Trinajstić information content (AvgIpc) is 3.51. The van der Waals surface area contributed by atoms with Crippen molar-refractivity contribution in [3.05, 3.63) is 82.0 Å². The highest BCUT2D eigenvalue weighted by Gasteiger charge is 2.23. The highest BCUT2D eigenvalue weighted by atomic mass is 32.1. The van der Waals surface area contributed by atoms with Crippen LogP contribution in [0.2, 0.25) is 0 Å². The Labute approximate surface area is 196 Å². The van der Waals surface area contributed by atoms with Gasteiger partial charge in [0.25, 0.3) is 5.91 Å². The summed E-state index contributed by atoms with van der Waals surface area (Å²) in [5.74, 6) is 0.00841. The molecule has 0 saturated heterocycles. The van der Waals surface area contributed by atoms with Crippen molar-refractivity contribution in [3.8, 4) is 10.8 Å². The third-order valence-electron chi connectivity index (χ3n) is 5.99. The fraction of sp³-hybridized carbons (Fsp3) is 0.240. The van der Waals surface area contributed by atoms with Crippen LogP contribution in [0.1, 0.15) is 57.2 Å². The fourth-order valence-corrected chi connectivity index (χ4v) is 5.23. The molecule has 0 spiro atoms. The van der Waals surface area contributed by atoms with Gasteiger partial charge >= 0.3 is 0 Å². The van der Waals surface area contributed by atoms with Crippen molar-refractivity contribution < 1.29 is 9.53 Å². The van der Waals surface area contributed by atoms with E-state index in [9.17, 15) is 4.79 Å². The van der Waals surface area contributed by atoms with Crippen LogP contribution in [0.3, 0.4) is 0 Å². The van der Waals surface area contributed by atoms with Gasteiger partial charge in [0, 0.05) is 24.9 Å². The van der Waals surface area contributed by atoms with E-state index in [1.807, 2.05) is 68.2 Å². The number of nitrogens with zero attached hydrogens (tertiary/aromatic N) is 4. The number of rotatable bonds is 6. The van der Waals surface area contributed by atoms with Crippen LogP contribution in [0.5, 0.6) is 5.75 Å². The minimum Gasteiger partial charge on any atom is -0.484 e. The number of thiophene rings is 1. The number of amides is 1. The summed E-state index contributed by atoms with van der Waals surface area (Å²) >= 11 is 1.33. The normalized spacial score (nSPS) is 14.0. The minimum atomic E-state index is -0.494. The lowest BCUT2D eigenvalue weighted by atomic mass is 9.96. The molecule has 8 heteroatoms. The minimum absolute atomic E-state index is 0.214. The number of fused-ring (bicyclic) bond motifs is 1. The first kappa shape index (κ1) is 21.2. The number of benzene rings is 1. The zero-order valence-corrected chi connectivity index (χ0v) is 19.6. The Morgan fingerprint density at radius 3 is 2.82 bits per heavy atom. The second-order valence-electron chi connectivity index (χ2n) is 8.28. The van der Waals surface area contributed by atoms with Crippen molar-refractivity contribution in [2.45, 2.75) is 32.8 Å². The van der Waals surface area contributed by atoms with Crippen LogP contribution >= 0.6 is 11.3 Å². The van der Waals surface area contributed by atoms with Crippen molar-refractivity contribution in [3.63, 3.8) is 0 Å². The van der Waals surface area contributed by atoms with Crippen LogP contribution in [0.15, 0.2) is 49.1 Å². The molecule has 1 aliphatic carbocycles. The molecule has 2 N–H and O–H groups in total. The van der Waals surface area contributed by atoms with Gasteiger partial charge in [-0.25, -0.2) is 4.98 Å². The van der Waals surface area contributed by atoms with Crippen molar-refractivity contribution in [1.82, 2.24) is 19.3 Å². The van der Waals surface area contributed by atoms with Gasteiger partial charge in [-0.15, -0.1) is 11.3 Å². The van der Waals surface area contributed by atoms with Gasteiger partial charge in [-0.05, 0) is 49.5 Å². The van der Waals surface area contributed by atoms with Crippen LogP contribution in [-0.2, 0) is 13.5 Å². The molecule has 168 valence electrons. The van der Waals surface area contributed by atoms with E-state index in [-0.39, 0.29) is 6.10 Å². The van der Waals surface area contributed by atoms with Crippen LogP contribution in [0.25, 0.3) is 16.7 Å². The first-order valence-corrected chi connectivity index (χ1v) is 11.6. The molecule has 1 amide bonds. The molecule has 33 heavy (non-hydrogen) atoms. The largest absolute Gasteiger partial charge is 0.484 e. The maximum absolute atomic E-state index is 12.2. The monoisotopic (exact) mass is 459 g/mol. The van der Waals surface area contributed by atoms with Crippen LogP contribution < -0.4 is 10.5 Å². The molecule has 0 fully saturated rings. The molecule has 7 nitrogen and oxygen atoms in total. The highest BCUT2D eigenvalue weighted by Crippen LogP contribution is 2.37. The number of hydrogen-bond donors (Lipinski definition) is 1. The topological polar surface area (TPSA) is 88.0 Å². The molecular weight excluding hydrogens is 434 g/mol. The smallest absolute Gasteiger partial charge is 0.262 e. The summed E-state index contributed by atoms with van der Waals surface area (Å²) in [5.41, 5.74) is 12.3. The summed E-state index contributed by atoms with van der Waals surface area (Å²) in [7, 11) is 1.92. The SMILES string of the molecule is Cc1ccccc1C(C)Oc1cc(-n2cnc3c2CCC(c2cnn(C)c2)=C3)sc1C(N)=O. The predicted molar refractivity (Wildman–Crippen MR) is 130 cm³/mol. The number of aryl methyl sites for hydroxylation is 2. The Morgan fingerprint density at radius 1 is 1.27 bits per heavy atom. The van der Waals surface area contributed by atoms with E-state index in [4.69, 9.17) is 10.5 Å². The van der Waals surface area contributed by atoms with Gasteiger partial charge in [-0.1, -0.05) is 24.3 Å². The van der Waals surface area contributed by atoms with Gasteiger partial charge in [0.05, 0.1) is 17.6 Å². The number of ether oxygens (including phenoxy) is 1. The lowest BCUT2D eigenvalue weighted by molar-refractivity contribution is 0.0998. The lowest BCUT2D eigenvalue weighted by Crippen LogP contribution is -2.12. The van der Waals surface area contributed by atoms with Crippen LogP contribution in [0, 0.1) is 6.92 Å². The molecule has 4 aromatic rings. The predicted octanol–water partition coefficient (Wildman–Crippen LogP) is 4.70. The Balaban J connectivity index is 1.47. The van der Waals surface area contributed by atoms with Crippen molar-refractivity contribution in [1.29, 1.82) is 0 Å². The Morgan fingerprint density at radius 2 is 2.09 bits per heavy atom. The molecule has 0 bridgehead atoms. The van der Waals surface area contributed by atoms with Gasteiger partial charge in [0.15, 0.2) is 0 Å². The molecule has 1 aromatic carbocycles. The van der Waals surface area contributed by atoms with Gasteiger partial charge < -0.3 is 10.5 Å². The van der Waals surface area contributed by atoms with E-state index < -0.39 is 5.91 Å². The first-order chi connectivity index (χ1) is 15.9. The van der Waals surface area contributed by atoms with Crippen LogP contribution in [0.4, 0.5) is 0 Å². The number of carbonyl (C=O) groups is 1. The number of primary amides is 1. The molecule has 1 aliphatic rings. The fourth-order valence-electron chi connectivity index (χ4n) is 4.29. The maximum atomic E-state index is 12.2. The molecule has 1 atom stereocenters. The second kappa shape index (κ2) is 8.37. The molecule has 3 aromatic heterocycles. The van der Waals surface area contributed by atoms with Crippen molar-refractivity contribution >= 4 is 28.9 Å². The van der Waals surface area contributed by atoms with Crippen molar-refractivity contribution in [2.75, 3.05) is 0 Å². The summed E-state index contributed by atoms with van der Waals surface area (Å²) in [4.78, 5) is 17.2.